The fourth-order valence-corrected chi connectivity index (χ4v) is 2.53. The van der Waals surface area contributed by atoms with E-state index in [0.29, 0.717) is 6.04 Å². The Hall–Kier alpha value is -0.990. The van der Waals surface area contributed by atoms with Gasteiger partial charge in [0.05, 0.1) is 0 Å². The normalized spacial score (nSPS) is 21.3. The van der Waals surface area contributed by atoms with Crippen molar-refractivity contribution < 1.29 is 0 Å². The van der Waals surface area contributed by atoms with Crippen LogP contribution in [0.3, 0.4) is 0 Å². The second-order valence-corrected chi connectivity index (χ2v) is 4.52. The summed E-state index contributed by atoms with van der Waals surface area (Å²) in [4.78, 5) is 3.28. The van der Waals surface area contributed by atoms with Crippen LogP contribution in [0.5, 0.6) is 0 Å². The van der Waals surface area contributed by atoms with Crippen LogP contribution in [-0.2, 0) is 0 Å². The quantitative estimate of drug-likeness (QED) is 0.759. The highest BCUT2D eigenvalue weighted by Crippen LogP contribution is 2.30. The third-order valence-corrected chi connectivity index (χ3v) is 3.35. The lowest BCUT2D eigenvalue weighted by Crippen LogP contribution is -2.12. The Balaban J connectivity index is 2.11. The molecule has 3 heteroatoms. The van der Waals surface area contributed by atoms with Crippen LogP contribution in [0, 0.1) is 0 Å². The van der Waals surface area contributed by atoms with Gasteiger partial charge >= 0.3 is 0 Å². The van der Waals surface area contributed by atoms with Gasteiger partial charge in [-0.3, -0.25) is 0 Å². The summed E-state index contributed by atoms with van der Waals surface area (Å²) < 4.78 is 0. The van der Waals surface area contributed by atoms with Crippen LogP contribution in [0.15, 0.2) is 24.4 Å². The summed E-state index contributed by atoms with van der Waals surface area (Å²) in [5.74, 6) is 0. The van der Waals surface area contributed by atoms with Crippen LogP contribution < -0.4 is 5.32 Å². The number of halogens is 1. The lowest BCUT2D eigenvalue weighted by molar-refractivity contribution is 0.652. The predicted molar refractivity (Wildman–Crippen MR) is 63.3 cm³/mol. The number of rotatable bonds is 1. The number of aromatic amines is 1. The highest BCUT2D eigenvalue weighted by Gasteiger charge is 2.19. The first kappa shape index (κ1) is 9.25. The molecular formula is C12H13ClN2. The number of fused-ring (bicyclic) bond motifs is 1. The molecule has 0 amide bonds. The molecule has 0 aliphatic carbocycles. The highest BCUT2D eigenvalue weighted by atomic mass is 35.5. The van der Waals surface area contributed by atoms with E-state index in [2.05, 4.69) is 22.6 Å². The molecule has 2 N–H and O–H groups in total. The van der Waals surface area contributed by atoms with E-state index in [4.69, 9.17) is 11.6 Å². The maximum atomic E-state index is 5.95. The first-order valence-corrected chi connectivity index (χ1v) is 5.72. The summed E-state index contributed by atoms with van der Waals surface area (Å²) in [7, 11) is 0. The predicted octanol–water partition coefficient (Wildman–Crippen LogP) is 3.25. The standard InChI is InChI=1S/C12H13ClN2/c13-8-3-4-9-10(7-15-12(9)6-8)11-2-1-5-14-11/h3-4,6-7,11,14-15H,1-2,5H2. The van der Waals surface area contributed by atoms with E-state index in [9.17, 15) is 0 Å². The molecular weight excluding hydrogens is 208 g/mol. The summed E-state index contributed by atoms with van der Waals surface area (Å²) in [5, 5.41) is 5.59. The van der Waals surface area contributed by atoms with Crippen LogP contribution in [0.2, 0.25) is 5.02 Å². The minimum Gasteiger partial charge on any atom is -0.361 e. The number of hydrogen-bond donors (Lipinski definition) is 2. The van der Waals surface area contributed by atoms with Crippen molar-refractivity contribution in [2.75, 3.05) is 6.54 Å². The van der Waals surface area contributed by atoms with Gasteiger partial charge in [-0.2, -0.15) is 0 Å². The summed E-state index contributed by atoms with van der Waals surface area (Å²) in [5.41, 5.74) is 2.50. The Labute approximate surface area is 93.6 Å². The lowest BCUT2D eigenvalue weighted by Gasteiger charge is -2.08. The Bertz CT molecular complexity index is 483. The van der Waals surface area contributed by atoms with Gasteiger partial charge in [0.1, 0.15) is 0 Å². The maximum absolute atomic E-state index is 5.95. The Morgan fingerprint density at radius 2 is 2.27 bits per heavy atom. The Kier molecular flexibility index (Phi) is 2.19. The van der Waals surface area contributed by atoms with Crippen LogP contribution in [-0.4, -0.2) is 11.5 Å². The van der Waals surface area contributed by atoms with E-state index < -0.39 is 0 Å². The molecule has 15 heavy (non-hydrogen) atoms. The minimum atomic E-state index is 0.514. The van der Waals surface area contributed by atoms with Crippen molar-refractivity contribution in [1.82, 2.24) is 10.3 Å². The number of hydrogen-bond acceptors (Lipinski definition) is 1. The molecule has 1 unspecified atom stereocenters. The van der Waals surface area contributed by atoms with E-state index in [1.807, 2.05) is 12.1 Å². The summed E-state index contributed by atoms with van der Waals surface area (Å²) in [6, 6.07) is 6.55. The lowest BCUT2D eigenvalue weighted by atomic mass is 10.0. The van der Waals surface area contributed by atoms with E-state index in [0.717, 1.165) is 17.1 Å². The molecule has 0 bridgehead atoms. The molecule has 2 nitrogen and oxygen atoms in total. The molecule has 1 atom stereocenters. The zero-order valence-electron chi connectivity index (χ0n) is 8.39. The molecule has 0 spiro atoms. The van der Waals surface area contributed by atoms with Gasteiger partial charge in [0.15, 0.2) is 0 Å². The van der Waals surface area contributed by atoms with Crippen LogP contribution in [0.1, 0.15) is 24.4 Å². The summed E-state index contributed by atoms with van der Waals surface area (Å²) >= 11 is 5.95. The van der Waals surface area contributed by atoms with Gasteiger partial charge in [0, 0.05) is 28.2 Å². The molecule has 2 aromatic rings. The smallest absolute Gasteiger partial charge is 0.0472 e. The topological polar surface area (TPSA) is 27.8 Å². The van der Waals surface area contributed by atoms with Crippen LogP contribution in [0.25, 0.3) is 10.9 Å². The first-order chi connectivity index (χ1) is 7.34. The zero-order valence-corrected chi connectivity index (χ0v) is 9.14. The van der Waals surface area contributed by atoms with Crippen molar-refractivity contribution in [2.45, 2.75) is 18.9 Å². The van der Waals surface area contributed by atoms with Gasteiger partial charge in [-0.15, -0.1) is 0 Å². The number of benzene rings is 1. The Morgan fingerprint density at radius 1 is 1.33 bits per heavy atom. The largest absolute Gasteiger partial charge is 0.361 e. The zero-order chi connectivity index (χ0) is 10.3. The number of aromatic nitrogens is 1. The van der Waals surface area contributed by atoms with Gasteiger partial charge in [0.2, 0.25) is 0 Å². The molecule has 2 heterocycles. The van der Waals surface area contributed by atoms with E-state index in [1.54, 1.807) is 0 Å². The van der Waals surface area contributed by atoms with Crippen molar-refractivity contribution in [1.29, 1.82) is 0 Å². The average Bonchev–Trinajstić information content (AvgIpc) is 2.82. The highest BCUT2D eigenvalue weighted by molar-refractivity contribution is 6.31. The van der Waals surface area contributed by atoms with E-state index in [-0.39, 0.29) is 0 Å². The molecule has 1 aliphatic rings. The summed E-state index contributed by atoms with van der Waals surface area (Å²) in [6.07, 6.45) is 4.60. The van der Waals surface area contributed by atoms with Crippen molar-refractivity contribution in [2.24, 2.45) is 0 Å². The van der Waals surface area contributed by atoms with Crippen LogP contribution >= 0.6 is 11.6 Å². The third kappa shape index (κ3) is 1.54. The average molecular weight is 221 g/mol. The molecule has 1 saturated heterocycles. The molecule has 0 saturated carbocycles. The molecule has 0 radical (unpaired) electrons. The van der Waals surface area contributed by atoms with Gasteiger partial charge < -0.3 is 10.3 Å². The van der Waals surface area contributed by atoms with Gasteiger partial charge in [-0.1, -0.05) is 17.7 Å². The summed E-state index contributed by atoms with van der Waals surface area (Å²) in [6.45, 7) is 1.13. The number of nitrogens with one attached hydrogen (secondary N) is 2. The SMILES string of the molecule is Clc1ccc2c(C3CCCN3)c[nH]c2c1. The monoisotopic (exact) mass is 220 g/mol. The fraction of sp³-hybridized carbons (Fsp3) is 0.333. The Morgan fingerprint density at radius 3 is 3.07 bits per heavy atom. The van der Waals surface area contributed by atoms with Crippen molar-refractivity contribution >= 4 is 22.5 Å². The molecule has 78 valence electrons. The van der Waals surface area contributed by atoms with E-state index in [1.165, 1.54) is 23.8 Å². The second kappa shape index (κ2) is 3.54. The minimum absolute atomic E-state index is 0.514. The first-order valence-electron chi connectivity index (χ1n) is 5.34. The molecule has 1 fully saturated rings. The van der Waals surface area contributed by atoms with Crippen LogP contribution in [0.4, 0.5) is 0 Å². The van der Waals surface area contributed by atoms with Crippen molar-refractivity contribution in [3.63, 3.8) is 0 Å². The van der Waals surface area contributed by atoms with Gasteiger partial charge in [0.25, 0.3) is 0 Å². The fourth-order valence-electron chi connectivity index (χ4n) is 2.36. The molecule has 1 aliphatic heterocycles. The molecule has 1 aromatic heterocycles. The van der Waals surface area contributed by atoms with Crippen molar-refractivity contribution in [3.8, 4) is 0 Å². The van der Waals surface area contributed by atoms with E-state index >= 15 is 0 Å². The van der Waals surface area contributed by atoms with Crippen molar-refractivity contribution in [3.05, 3.63) is 35.0 Å². The molecule has 3 rings (SSSR count). The van der Waals surface area contributed by atoms with Gasteiger partial charge in [-0.25, -0.2) is 0 Å². The van der Waals surface area contributed by atoms with Gasteiger partial charge in [-0.05, 0) is 37.1 Å². The molecule has 1 aromatic carbocycles. The maximum Gasteiger partial charge on any atom is 0.0472 e. The second-order valence-electron chi connectivity index (χ2n) is 4.08. The third-order valence-electron chi connectivity index (χ3n) is 3.11. The number of H-pyrrole nitrogens is 1.